The molecule has 112 valence electrons. The molecule has 0 aromatic heterocycles. The normalized spacial score (nSPS) is 23.1. The maximum Gasteiger partial charge on any atom is 0.387 e. The van der Waals surface area contributed by atoms with E-state index < -0.39 is 18.2 Å². The van der Waals surface area contributed by atoms with Crippen LogP contribution in [0.3, 0.4) is 0 Å². The van der Waals surface area contributed by atoms with Crippen LogP contribution in [0.2, 0.25) is 0 Å². The van der Waals surface area contributed by atoms with Crippen molar-refractivity contribution >= 4 is 0 Å². The van der Waals surface area contributed by atoms with Crippen molar-refractivity contribution in [2.75, 3.05) is 6.61 Å². The van der Waals surface area contributed by atoms with E-state index in [4.69, 9.17) is 4.74 Å². The quantitative estimate of drug-likeness (QED) is 0.794. The first-order valence-corrected chi connectivity index (χ1v) is 6.96. The molecule has 2 nitrogen and oxygen atoms in total. The van der Waals surface area contributed by atoms with Gasteiger partial charge in [-0.1, -0.05) is 6.07 Å². The highest BCUT2D eigenvalue weighted by Crippen LogP contribution is 2.35. The third-order valence-corrected chi connectivity index (χ3v) is 3.72. The Hall–Kier alpha value is -1.23. The fourth-order valence-electron chi connectivity index (χ4n) is 2.76. The lowest BCUT2D eigenvalue weighted by molar-refractivity contribution is -0.0522. The van der Waals surface area contributed by atoms with Crippen molar-refractivity contribution in [2.24, 2.45) is 0 Å². The van der Waals surface area contributed by atoms with E-state index in [9.17, 15) is 13.2 Å². The smallest absolute Gasteiger partial charge is 0.387 e. The lowest BCUT2D eigenvalue weighted by Crippen LogP contribution is -2.20. The highest BCUT2D eigenvalue weighted by atomic mass is 19.3. The summed E-state index contributed by atoms with van der Waals surface area (Å²) in [6.45, 7) is -0.315. The summed E-state index contributed by atoms with van der Waals surface area (Å²) in [4.78, 5) is 0. The Balaban J connectivity index is 1.98. The topological polar surface area (TPSA) is 18.5 Å². The molecule has 1 aliphatic carbocycles. The molecule has 5 heteroatoms. The minimum atomic E-state index is -3.00. The third-order valence-electron chi connectivity index (χ3n) is 3.72. The Kier molecular flexibility index (Phi) is 5.29. The molecule has 1 aliphatic rings. The molecule has 0 amide bonds. The van der Waals surface area contributed by atoms with Crippen LogP contribution in [-0.2, 0) is 4.74 Å². The summed E-state index contributed by atoms with van der Waals surface area (Å²) >= 11 is 0. The molecule has 0 unspecified atom stereocenters. The second kappa shape index (κ2) is 6.97. The van der Waals surface area contributed by atoms with Gasteiger partial charge in [0.25, 0.3) is 0 Å². The predicted octanol–water partition coefficient (Wildman–Crippen LogP) is 4.49. The maximum absolute atomic E-state index is 13.7. The standard InChI is InChI=1S/C15H19F3O2/c1-2-19-12-6-3-10(4-7-12)11-5-8-14(13(16)9-11)20-15(17)18/h5,8-10,12,15H,2-4,6-7H2,1H3/t10-,12-. The SMILES string of the molecule is CCO[C@H]1CC[C@H](c2ccc(OC(F)F)c(F)c2)CC1. The van der Waals surface area contributed by atoms with Gasteiger partial charge in [-0.25, -0.2) is 4.39 Å². The van der Waals surface area contributed by atoms with Crippen molar-refractivity contribution in [2.45, 2.75) is 51.2 Å². The van der Waals surface area contributed by atoms with Gasteiger partial charge < -0.3 is 9.47 Å². The van der Waals surface area contributed by atoms with Crippen LogP contribution in [0.4, 0.5) is 13.2 Å². The monoisotopic (exact) mass is 288 g/mol. The Morgan fingerprint density at radius 1 is 1.20 bits per heavy atom. The Labute approximate surface area is 116 Å². The Bertz CT molecular complexity index is 429. The van der Waals surface area contributed by atoms with E-state index in [-0.39, 0.29) is 5.92 Å². The van der Waals surface area contributed by atoms with Crippen molar-refractivity contribution in [1.82, 2.24) is 0 Å². The number of alkyl halides is 2. The van der Waals surface area contributed by atoms with Gasteiger partial charge in [-0.2, -0.15) is 8.78 Å². The van der Waals surface area contributed by atoms with Gasteiger partial charge >= 0.3 is 6.61 Å². The summed E-state index contributed by atoms with van der Waals surface area (Å²) in [5.74, 6) is -0.858. The van der Waals surface area contributed by atoms with Gasteiger partial charge in [-0.05, 0) is 56.2 Å². The van der Waals surface area contributed by atoms with Crippen LogP contribution in [0, 0.1) is 5.82 Å². The van der Waals surface area contributed by atoms with Crippen molar-refractivity contribution in [3.8, 4) is 5.75 Å². The molecule has 1 saturated carbocycles. The van der Waals surface area contributed by atoms with Gasteiger partial charge in [-0.15, -0.1) is 0 Å². The molecule has 1 fully saturated rings. The predicted molar refractivity (Wildman–Crippen MR) is 69.7 cm³/mol. The lowest BCUT2D eigenvalue weighted by Gasteiger charge is -2.28. The Morgan fingerprint density at radius 2 is 1.90 bits per heavy atom. The summed E-state index contributed by atoms with van der Waals surface area (Å²) in [6.07, 6.45) is 4.06. The number of halogens is 3. The minimum absolute atomic E-state index is 0.266. The van der Waals surface area contributed by atoms with Crippen LogP contribution in [-0.4, -0.2) is 19.3 Å². The molecule has 0 radical (unpaired) electrons. The zero-order chi connectivity index (χ0) is 14.5. The highest BCUT2D eigenvalue weighted by Gasteiger charge is 2.23. The van der Waals surface area contributed by atoms with Gasteiger partial charge in [0, 0.05) is 6.61 Å². The molecule has 0 heterocycles. The number of hydrogen-bond donors (Lipinski definition) is 0. The van der Waals surface area contributed by atoms with Crippen LogP contribution < -0.4 is 4.74 Å². The van der Waals surface area contributed by atoms with E-state index in [0.29, 0.717) is 12.7 Å². The average molecular weight is 288 g/mol. The molecule has 0 aliphatic heterocycles. The van der Waals surface area contributed by atoms with Crippen molar-refractivity contribution in [3.63, 3.8) is 0 Å². The van der Waals surface area contributed by atoms with Crippen molar-refractivity contribution in [1.29, 1.82) is 0 Å². The summed E-state index contributed by atoms with van der Waals surface area (Å²) in [6, 6.07) is 4.27. The molecule has 20 heavy (non-hydrogen) atoms. The summed E-state index contributed by atoms with van der Waals surface area (Å²) < 4.78 is 47.5. The van der Waals surface area contributed by atoms with Crippen LogP contribution in [0.25, 0.3) is 0 Å². The van der Waals surface area contributed by atoms with E-state index in [0.717, 1.165) is 31.2 Å². The third kappa shape index (κ3) is 3.88. The van der Waals surface area contributed by atoms with Crippen molar-refractivity contribution < 1.29 is 22.6 Å². The van der Waals surface area contributed by atoms with Gasteiger partial charge in [0.15, 0.2) is 11.6 Å². The average Bonchev–Trinajstić information content (AvgIpc) is 2.42. The highest BCUT2D eigenvalue weighted by molar-refractivity contribution is 5.31. The molecule has 2 rings (SSSR count). The van der Waals surface area contributed by atoms with Crippen LogP contribution in [0.1, 0.15) is 44.1 Å². The molecule has 1 aromatic rings. The van der Waals surface area contributed by atoms with E-state index in [1.807, 2.05) is 6.92 Å². The summed E-state index contributed by atoms with van der Waals surface area (Å²) in [7, 11) is 0. The summed E-state index contributed by atoms with van der Waals surface area (Å²) in [5, 5.41) is 0. The Morgan fingerprint density at radius 3 is 2.45 bits per heavy atom. The maximum atomic E-state index is 13.7. The first-order chi connectivity index (χ1) is 9.60. The largest absolute Gasteiger partial charge is 0.432 e. The van der Waals surface area contributed by atoms with Gasteiger partial charge in [-0.3, -0.25) is 0 Å². The van der Waals surface area contributed by atoms with Crippen LogP contribution >= 0.6 is 0 Å². The molecule has 0 N–H and O–H groups in total. The molecule has 0 bridgehead atoms. The molecule has 0 atom stereocenters. The number of rotatable bonds is 5. The molecule has 0 saturated heterocycles. The van der Waals surface area contributed by atoms with Crippen LogP contribution in [0.15, 0.2) is 18.2 Å². The second-order valence-electron chi connectivity index (χ2n) is 5.00. The first kappa shape index (κ1) is 15.2. The zero-order valence-corrected chi connectivity index (χ0v) is 11.5. The second-order valence-corrected chi connectivity index (χ2v) is 5.00. The molecule has 1 aromatic carbocycles. The molecular formula is C15H19F3O2. The van der Waals surface area contributed by atoms with Crippen LogP contribution in [0.5, 0.6) is 5.75 Å². The van der Waals surface area contributed by atoms with E-state index >= 15 is 0 Å². The first-order valence-electron chi connectivity index (χ1n) is 6.96. The zero-order valence-electron chi connectivity index (χ0n) is 11.5. The molecule has 0 spiro atoms. The van der Waals surface area contributed by atoms with E-state index in [2.05, 4.69) is 4.74 Å². The fourth-order valence-corrected chi connectivity index (χ4v) is 2.76. The summed E-state index contributed by atoms with van der Waals surface area (Å²) in [5.41, 5.74) is 0.846. The fraction of sp³-hybridized carbons (Fsp3) is 0.600. The minimum Gasteiger partial charge on any atom is -0.432 e. The van der Waals surface area contributed by atoms with Gasteiger partial charge in [0.1, 0.15) is 0 Å². The van der Waals surface area contributed by atoms with E-state index in [1.165, 1.54) is 12.1 Å². The number of benzene rings is 1. The number of ether oxygens (including phenoxy) is 2. The molecular weight excluding hydrogens is 269 g/mol. The number of hydrogen-bond acceptors (Lipinski definition) is 2. The van der Waals surface area contributed by atoms with Gasteiger partial charge in [0.05, 0.1) is 6.10 Å². The lowest BCUT2D eigenvalue weighted by atomic mass is 9.82. The van der Waals surface area contributed by atoms with E-state index in [1.54, 1.807) is 6.07 Å². The van der Waals surface area contributed by atoms with Crippen molar-refractivity contribution in [3.05, 3.63) is 29.6 Å². The van der Waals surface area contributed by atoms with Gasteiger partial charge in [0.2, 0.25) is 0 Å².